The molecule has 2 N–H and O–H groups in total. The van der Waals surface area contributed by atoms with Crippen LogP contribution >= 0.6 is 0 Å². The minimum atomic E-state index is -0.748. The minimum absolute atomic E-state index is 0.0258. The summed E-state index contributed by atoms with van der Waals surface area (Å²) in [5.41, 5.74) is 1.74. The number of benzene rings is 2. The second kappa shape index (κ2) is 8.93. The molecule has 0 aliphatic carbocycles. The van der Waals surface area contributed by atoms with Gasteiger partial charge in [0.15, 0.2) is 0 Å². The van der Waals surface area contributed by atoms with Gasteiger partial charge in [0.1, 0.15) is 5.75 Å². The summed E-state index contributed by atoms with van der Waals surface area (Å²) in [5, 5.41) is 5.94. The van der Waals surface area contributed by atoms with Crippen LogP contribution in [0.15, 0.2) is 53.3 Å². The number of H-pyrrole nitrogens is 2. The molecule has 0 radical (unpaired) electrons. The number of hydrogen-bond donors (Lipinski definition) is 2. The second-order valence-electron chi connectivity index (χ2n) is 8.56. The number of carbonyl (C=O) groups is 2. The molecule has 0 spiro atoms. The number of para-hydroxylation sites is 1. The molecule has 1 fully saturated rings. The van der Waals surface area contributed by atoms with Crippen LogP contribution < -0.4 is 10.4 Å². The van der Waals surface area contributed by atoms with E-state index in [-0.39, 0.29) is 18.3 Å². The number of methoxy groups -OCH3 is 1. The molecule has 1 aliphatic rings. The Labute approximate surface area is 191 Å². The van der Waals surface area contributed by atoms with E-state index in [0.29, 0.717) is 19.4 Å². The van der Waals surface area contributed by atoms with Crippen molar-refractivity contribution in [3.63, 3.8) is 0 Å². The summed E-state index contributed by atoms with van der Waals surface area (Å²) < 4.78 is 5.47. The smallest absolute Gasteiger partial charge is 0.341 e. The number of rotatable bonds is 6. The lowest BCUT2D eigenvalue weighted by Gasteiger charge is -2.31. The number of nitrogens with zero attached hydrogens (tertiary/aromatic N) is 3. The molecule has 1 atom stereocenters. The standard InChI is InChI=1S/C24H27N5O4/c1-28(2)22(31)24(12-13-29(15-24)21(30)20-25-23(32)27-26-20)14-16-8-10-17(11-9-16)18-6-4-5-7-19(18)33-3/h4-11H,12-15H2,1-3H3,(H2,25,26,27,32). The van der Waals surface area contributed by atoms with Gasteiger partial charge >= 0.3 is 5.69 Å². The van der Waals surface area contributed by atoms with E-state index in [0.717, 1.165) is 22.4 Å². The van der Waals surface area contributed by atoms with E-state index in [1.54, 1.807) is 31.0 Å². The van der Waals surface area contributed by atoms with Crippen LogP contribution in [-0.2, 0) is 11.2 Å². The van der Waals surface area contributed by atoms with Gasteiger partial charge in [-0.15, -0.1) is 5.10 Å². The molecule has 33 heavy (non-hydrogen) atoms. The number of aromatic nitrogens is 3. The number of nitrogens with one attached hydrogen (secondary N) is 2. The number of hydrogen-bond acceptors (Lipinski definition) is 5. The Morgan fingerprint density at radius 2 is 1.88 bits per heavy atom. The SMILES string of the molecule is COc1ccccc1-c1ccc(CC2(C(=O)N(C)C)CCN(C(=O)c3n[nH]c(=O)[nH]3)C2)cc1. The Hall–Kier alpha value is -3.88. The van der Waals surface area contributed by atoms with Crippen molar-refractivity contribution in [3.05, 3.63) is 70.4 Å². The molecule has 1 aliphatic heterocycles. The van der Waals surface area contributed by atoms with E-state index >= 15 is 0 Å². The maximum Gasteiger partial charge on any atom is 0.341 e. The molecule has 172 valence electrons. The highest BCUT2D eigenvalue weighted by molar-refractivity contribution is 5.92. The van der Waals surface area contributed by atoms with Gasteiger partial charge in [-0.05, 0) is 30.0 Å². The van der Waals surface area contributed by atoms with E-state index in [1.165, 1.54) is 0 Å². The number of amides is 2. The number of carbonyl (C=O) groups excluding carboxylic acids is 2. The first-order chi connectivity index (χ1) is 15.8. The van der Waals surface area contributed by atoms with Gasteiger partial charge in [0.25, 0.3) is 5.91 Å². The first-order valence-electron chi connectivity index (χ1n) is 10.7. The average molecular weight is 450 g/mol. The minimum Gasteiger partial charge on any atom is -0.496 e. The fraction of sp³-hybridized carbons (Fsp3) is 0.333. The van der Waals surface area contributed by atoms with Crippen LogP contribution in [0.25, 0.3) is 11.1 Å². The quantitative estimate of drug-likeness (QED) is 0.597. The molecule has 0 saturated carbocycles. The molecule has 9 heteroatoms. The van der Waals surface area contributed by atoms with Gasteiger partial charge in [0.2, 0.25) is 11.7 Å². The highest BCUT2D eigenvalue weighted by Crippen LogP contribution is 2.37. The lowest BCUT2D eigenvalue weighted by molar-refractivity contribution is -0.138. The van der Waals surface area contributed by atoms with Crippen LogP contribution in [-0.4, -0.2) is 71.1 Å². The van der Waals surface area contributed by atoms with Gasteiger partial charge in [0.05, 0.1) is 12.5 Å². The highest BCUT2D eigenvalue weighted by Gasteiger charge is 2.47. The Morgan fingerprint density at radius 1 is 1.15 bits per heavy atom. The summed E-state index contributed by atoms with van der Waals surface area (Å²) in [5.74, 6) is 0.329. The van der Waals surface area contributed by atoms with Crippen molar-refractivity contribution in [2.24, 2.45) is 5.41 Å². The lowest BCUT2D eigenvalue weighted by Crippen LogP contribution is -2.44. The Morgan fingerprint density at radius 3 is 2.52 bits per heavy atom. The molecular weight excluding hydrogens is 422 g/mol. The molecule has 9 nitrogen and oxygen atoms in total. The highest BCUT2D eigenvalue weighted by atomic mass is 16.5. The van der Waals surface area contributed by atoms with Crippen LogP contribution in [0.1, 0.15) is 22.6 Å². The number of likely N-dealkylation sites (tertiary alicyclic amines) is 1. The number of aromatic amines is 2. The van der Waals surface area contributed by atoms with E-state index in [9.17, 15) is 14.4 Å². The summed E-state index contributed by atoms with van der Waals surface area (Å²) in [6, 6.07) is 15.9. The van der Waals surface area contributed by atoms with Gasteiger partial charge < -0.3 is 14.5 Å². The van der Waals surface area contributed by atoms with E-state index in [2.05, 4.69) is 15.2 Å². The largest absolute Gasteiger partial charge is 0.496 e. The summed E-state index contributed by atoms with van der Waals surface area (Å²) in [7, 11) is 5.10. The fourth-order valence-electron chi connectivity index (χ4n) is 4.51. The van der Waals surface area contributed by atoms with Crippen molar-refractivity contribution in [3.8, 4) is 16.9 Å². The molecular formula is C24H27N5O4. The fourth-order valence-corrected chi connectivity index (χ4v) is 4.51. The molecule has 4 rings (SSSR count). The monoisotopic (exact) mass is 449 g/mol. The molecule has 1 saturated heterocycles. The normalized spacial score (nSPS) is 17.7. The molecule has 2 aromatic carbocycles. The van der Waals surface area contributed by atoms with E-state index < -0.39 is 17.0 Å². The van der Waals surface area contributed by atoms with Crippen molar-refractivity contribution < 1.29 is 14.3 Å². The molecule has 1 aromatic heterocycles. The van der Waals surface area contributed by atoms with Crippen LogP contribution in [0, 0.1) is 5.41 Å². The molecule has 2 heterocycles. The van der Waals surface area contributed by atoms with Gasteiger partial charge in [-0.3, -0.25) is 14.6 Å². The van der Waals surface area contributed by atoms with E-state index in [4.69, 9.17) is 4.74 Å². The molecule has 1 unspecified atom stereocenters. The Kier molecular flexibility index (Phi) is 6.04. The first kappa shape index (κ1) is 22.3. The first-order valence-corrected chi connectivity index (χ1v) is 10.7. The van der Waals surface area contributed by atoms with Crippen LogP contribution in [0.4, 0.5) is 0 Å². The third-order valence-electron chi connectivity index (χ3n) is 6.12. The van der Waals surface area contributed by atoms with Crippen molar-refractivity contribution in [1.29, 1.82) is 0 Å². The zero-order valence-corrected chi connectivity index (χ0v) is 18.9. The number of ether oxygens (including phenoxy) is 1. The van der Waals surface area contributed by atoms with Gasteiger partial charge in [-0.25, -0.2) is 9.89 Å². The predicted molar refractivity (Wildman–Crippen MR) is 123 cm³/mol. The van der Waals surface area contributed by atoms with Crippen LogP contribution in [0.3, 0.4) is 0 Å². The molecule has 3 aromatic rings. The zero-order chi connectivity index (χ0) is 23.6. The molecule has 0 bridgehead atoms. The van der Waals surface area contributed by atoms with Crippen molar-refractivity contribution in [1.82, 2.24) is 25.0 Å². The third-order valence-corrected chi connectivity index (χ3v) is 6.12. The second-order valence-corrected chi connectivity index (χ2v) is 8.56. The lowest BCUT2D eigenvalue weighted by atomic mass is 9.79. The van der Waals surface area contributed by atoms with Crippen molar-refractivity contribution in [2.75, 3.05) is 34.3 Å². The van der Waals surface area contributed by atoms with Crippen LogP contribution in [0.2, 0.25) is 0 Å². The summed E-state index contributed by atoms with van der Waals surface area (Å²) in [6.45, 7) is 0.665. The maximum atomic E-state index is 13.2. The third kappa shape index (κ3) is 4.39. The maximum absolute atomic E-state index is 13.2. The van der Waals surface area contributed by atoms with E-state index in [1.807, 2.05) is 48.5 Å². The van der Waals surface area contributed by atoms with Crippen molar-refractivity contribution >= 4 is 11.8 Å². The molecule has 2 amide bonds. The van der Waals surface area contributed by atoms with Crippen LogP contribution in [0.5, 0.6) is 5.75 Å². The summed E-state index contributed by atoms with van der Waals surface area (Å²) in [6.07, 6.45) is 1.02. The van der Waals surface area contributed by atoms with Gasteiger partial charge in [0, 0.05) is 32.7 Å². The Balaban J connectivity index is 1.58. The predicted octanol–water partition coefficient (Wildman–Crippen LogP) is 1.94. The average Bonchev–Trinajstić information content (AvgIpc) is 3.46. The zero-order valence-electron chi connectivity index (χ0n) is 18.9. The topological polar surface area (TPSA) is 111 Å². The summed E-state index contributed by atoms with van der Waals surface area (Å²) in [4.78, 5) is 42.9. The Bertz CT molecular complexity index is 1210. The summed E-state index contributed by atoms with van der Waals surface area (Å²) >= 11 is 0. The van der Waals surface area contributed by atoms with Gasteiger partial charge in [-0.1, -0.05) is 42.5 Å². The van der Waals surface area contributed by atoms with Gasteiger partial charge in [-0.2, -0.15) is 0 Å². The van der Waals surface area contributed by atoms with Crippen molar-refractivity contribution in [2.45, 2.75) is 12.8 Å².